The molecule has 2 aromatic carbocycles. The summed E-state index contributed by atoms with van der Waals surface area (Å²) in [4.78, 5) is 12.1. The standard InChI is InChI=1S/C15H9BrClF3O/c16-13-5-4-10(8-12(13)15(18,19)20)14(21)7-9-2-1-3-11(17)6-9/h1-6,8H,7H2. The second-order valence-corrected chi connectivity index (χ2v) is 5.71. The predicted molar refractivity (Wildman–Crippen MR) is 78.6 cm³/mol. The monoisotopic (exact) mass is 376 g/mol. The second kappa shape index (κ2) is 6.20. The quantitative estimate of drug-likeness (QED) is 0.641. The highest BCUT2D eigenvalue weighted by Gasteiger charge is 2.33. The minimum Gasteiger partial charge on any atom is -0.294 e. The first kappa shape index (κ1) is 16.0. The molecule has 0 spiro atoms. The Labute approximate surface area is 132 Å². The van der Waals surface area contributed by atoms with Gasteiger partial charge in [0.15, 0.2) is 5.78 Å². The molecule has 0 atom stereocenters. The highest BCUT2D eigenvalue weighted by molar-refractivity contribution is 9.10. The van der Waals surface area contributed by atoms with Crippen LogP contribution >= 0.6 is 27.5 Å². The molecule has 0 aliphatic heterocycles. The summed E-state index contributed by atoms with van der Waals surface area (Å²) >= 11 is 8.66. The molecular formula is C15H9BrClF3O. The molecule has 6 heteroatoms. The smallest absolute Gasteiger partial charge is 0.294 e. The zero-order chi connectivity index (χ0) is 15.6. The van der Waals surface area contributed by atoms with Crippen LogP contribution < -0.4 is 0 Å². The van der Waals surface area contributed by atoms with Gasteiger partial charge in [0.1, 0.15) is 0 Å². The third-order valence-corrected chi connectivity index (χ3v) is 3.77. The summed E-state index contributed by atoms with van der Waals surface area (Å²) < 4.78 is 38.4. The largest absolute Gasteiger partial charge is 0.417 e. The third-order valence-electron chi connectivity index (χ3n) is 2.85. The Kier molecular flexibility index (Phi) is 4.74. The average molecular weight is 378 g/mol. The van der Waals surface area contributed by atoms with E-state index in [1.165, 1.54) is 12.1 Å². The maximum atomic E-state index is 12.8. The van der Waals surface area contributed by atoms with Crippen molar-refractivity contribution in [3.05, 3.63) is 68.7 Å². The number of Topliss-reactive ketones (excluding diaryl/α,β-unsaturated/α-hetero) is 1. The van der Waals surface area contributed by atoms with Crippen LogP contribution in [0.3, 0.4) is 0 Å². The Morgan fingerprint density at radius 1 is 1.14 bits per heavy atom. The summed E-state index contributed by atoms with van der Waals surface area (Å²) in [6.07, 6.45) is -4.51. The fourth-order valence-electron chi connectivity index (χ4n) is 1.85. The minimum absolute atomic E-state index is 0.000506. The zero-order valence-corrected chi connectivity index (χ0v) is 12.9. The molecule has 1 nitrogen and oxygen atoms in total. The molecule has 0 fully saturated rings. The van der Waals surface area contributed by atoms with Crippen molar-refractivity contribution in [2.45, 2.75) is 12.6 Å². The zero-order valence-electron chi connectivity index (χ0n) is 10.5. The molecule has 0 unspecified atom stereocenters. The molecule has 0 N–H and O–H groups in total. The Morgan fingerprint density at radius 2 is 1.86 bits per heavy atom. The van der Waals surface area contributed by atoms with Gasteiger partial charge in [-0.1, -0.05) is 45.7 Å². The van der Waals surface area contributed by atoms with Gasteiger partial charge in [0.05, 0.1) is 5.56 Å². The van der Waals surface area contributed by atoms with Crippen molar-refractivity contribution in [2.24, 2.45) is 0 Å². The lowest BCUT2D eigenvalue weighted by Gasteiger charge is -2.10. The number of hydrogen-bond acceptors (Lipinski definition) is 1. The molecule has 0 saturated heterocycles. The molecule has 21 heavy (non-hydrogen) atoms. The molecule has 0 amide bonds. The lowest BCUT2D eigenvalue weighted by molar-refractivity contribution is -0.138. The van der Waals surface area contributed by atoms with E-state index >= 15 is 0 Å². The van der Waals surface area contributed by atoms with Gasteiger partial charge in [0.25, 0.3) is 0 Å². The molecule has 2 rings (SSSR count). The summed E-state index contributed by atoms with van der Waals surface area (Å²) in [6.45, 7) is 0. The Morgan fingerprint density at radius 3 is 2.48 bits per heavy atom. The van der Waals surface area contributed by atoms with Crippen LogP contribution in [-0.4, -0.2) is 5.78 Å². The number of halogens is 5. The number of carbonyl (C=O) groups is 1. The Hall–Kier alpha value is -1.33. The van der Waals surface area contributed by atoms with E-state index in [-0.39, 0.29) is 16.5 Å². The first-order chi connectivity index (χ1) is 9.77. The highest BCUT2D eigenvalue weighted by Crippen LogP contribution is 2.35. The first-order valence-corrected chi connectivity index (χ1v) is 7.09. The predicted octanol–water partition coefficient (Wildman–Crippen LogP) is 5.55. The van der Waals surface area contributed by atoms with Crippen LogP contribution in [0.25, 0.3) is 0 Å². The highest BCUT2D eigenvalue weighted by atomic mass is 79.9. The van der Waals surface area contributed by atoms with E-state index in [1.807, 2.05) is 0 Å². The second-order valence-electron chi connectivity index (χ2n) is 4.42. The number of alkyl halides is 3. The summed E-state index contributed by atoms with van der Waals surface area (Å²) in [5.74, 6) is -0.393. The third kappa shape index (κ3) is 4.08. The van der Waals surface area contributed by atoms with E-state index in [9.17, 15) is 18.0 Å². The summed E-state index contributed by atoms with van der Waals surface area (Å²) in [7, 11) is 0. The molecule has 0 aromatic heterocycles. The van der Waals surface area contributed by atoms with Gasteiger partial charge in [-0.05, 0) is 29.8 Å². The molecule has 2 aromatic rings. The fraction of sp³-hybridized carbons (Fsp3) is 0.133. The lowest BCUT2D eigenvalue weighted by atomic mass is 10.0. The van der Waals surface area contributed by atoms with Gasteiger partial charge in [0, 0.05) is 21.5 Å². The fourth-order valence-corrected chi connectivity index (χ4v) is 2.53. The van der Waals surface area contributed by atoms with E-state index in [1.54, 1.807) is 24.3 Å². The van der Waals surface area contributed by atoms with Crippen molar-refractivity contribution < 1.29 is 18.0 Å². The molecule has 0 saturated carbocycles. The van der Waals surface area contributed by atoms with Gasteiger partial charge < -0.3 is 0 Å². The van der Waals surface area contributed by atoms with Crippen molar-refractivity contribution >= 4 is 33.3 Å². The van der Waals surface area contributed by atoms with Crippen LogP contribution in [0, 0.1) is 0 Å². The van der Waals surface area contributed by atoms with Crippen molar-refractivity contribution in [3.8, 4) is 0 Å². The van der Waals surface area contributed by atoms with Crippen molar-refractivity contribution in [1.29, 1.82) is 0 Å². The van der Waals surface area contributed by atoms with Gasteiger partial charge in [-0.2, -0.15) is 13.2 Å². The van der Waals surface area contributed by atoms with Gasteiger partial charge in [-0.15, -0.1) is 0 Å². The van der Waals surface area contributed by atoms with Crippen molar-refractivity contribution in [1.82, 2.24) is 0 Å². The lowest BCUT2D eigenvalue weighted by Crippen LogP contribution is -2.10. The van der Waals surface area contributed by atoms with E-state index in [0.717, 1.165) is 6.07 Å². The van der Waals surface area contributed by atoms with Gasteiger partial charge >= 0.3 is 6.18 Å². The van der Waals surface area contributed by atoms with Crippen LogP contribution in [-0.2, 0) is 12.6 Å². The van der Waals surface area contributed by atoms with Crippen LogP contribution in [0.2, 0.25) is 5.02 Å². The normalized spacial score (nSPS) is 11.5. The molecule has 0 bridgehead atoms. The summed E-state index contributed by atoms with van der Waals surface area (Å²) in [5, 5.41) is 0.479. The van der Waals surface area contributed by atoms with Gasteiger partial charge in [-0.3, -0.25) is 4.79 Å². The Bertz CT molecular complexity index is 683. The van der Waals surface area contributed by atoms with E-state index in [4.69, 9.17) is 11.6 Å². The summed E-state index contributed by atoms with van der Waals surface area (Å²) in [6, 6.07) is 10.1. The SMILES string of the molecule is O=C(Cc1cccc(Cl)c1)c1ccc(Br)c(C(F)(F)F)c1. The van der Waals surface area contributed by atoms with Crippen LogP contribution in [0.4, 0.5) is 13.2 Å². The van der Waals surface area contributed by atoms with Crippen molar-refractivity contribution in [3.63, 3.8) is 0 Å². The molecule has 110 valence electrons. The molecule has 0 aliphatic rings. The number of carbonyl (C=O) groups excluding carboxylic acids is 1. The number of hydrogen-bond donors (Lipinski definition) is 0. The topological polar surface area (TPSA) is 17.1 Å². The van der Waals surface area contributed by atoms with Crippen molar-refractivity contribution in [2.75, 3.05) is 0 Å². The number of benzene rings is 2. The molecule has 0 radical (unpaired) electrons. The van der Waals surface area contributed by atoms with Crippen LogP contribution in [0.5, 0.6) is 0 Å². The molecule has 0 aliphatic carbocycles. The van der Waals surface area contributed by atoms with Crippen LogP contribution in [0.15, 0.2) is 46.9 Å². The average Bonchev–Trinajstić information content (AvgIpc) is 2.37. The van der Waals surface area contributed by atoms with Gasteiger partial charge in [-0.25, -0.2) is 0 Å². The number of rotatable bonds is 3. The first-order valence-electron chi connectivity index (χ1n) is 5.92. The summed E-state index contributed by atoms with van der Waals surface area (Å²) in [5.41, 5.74) is -0.186. The van der Waals surface area contributed by atoms with E-state index in [0.29, 0.717) is 10.6 Å². The molecular weight excluding hydrogens is 369 g/mol. The minimum atomic E-state index is -4.51. The molecule has 0 heterocycles. The van der Waals surface area contributed by atoms with Crippen LogP contribution in [0.1, 0.15) is 21.5 Å². The maximum absolute atomic E-state index is 12.8. The van der Waals surface area contributed by atoms with E-state index in [2.05, 4.69) is 15.9 Å². The van der Waals surface area contributed by atoms with E-state index < -0.39 is 17.5 Å². The Balaban J connectivity index is 2.28. The number of ketones is 1. The maximum Gasteiger partial charge on any atom is 0.417 e. The van der Waals surface area contributed by atoms with Gasteiger partial charge in [0.2, 0.25) is 0 Å².